The molecule has 9 heteroatoms. The van der Waals surface area contributed by atoms with Crippen LogP contribution in [-0.2, 0) is 4.79 Å². The van der Waals surface area contributed by atoms with Gasteiger partial charge in [-0.05, 0) is 23.8 Å². The van der Waals surface area contributed by atoms with Gasteiger partial charge in [-0.2, -0.15) is 5.26 Å². The summed E-state index contributed by atoms with van der Waals surface area (Å²) in [6, 6.07) is 11.2. The van der Waals surface area contributed by atoms with Crippen LogP contribution in [0.1, 0.15) is 5.56 Å². The van der Waals surface area contributed by atoms with Crippen LogP contribution in [0, 0.1) is 21.4 Å². The number of nitriles is 1. The van der Waals surface area contributed by atoms with Crippen molar-refractivity contribution in [3.63, 3.8) is 0 Å². The van der Waals surface area contributed by atoms with E-state index in [1.54, 1.807) is 12.1 Å². The van der Waals surface area contributed by atoms with Crippen LogP contribution in [0.2, 0.25) is 10.0 Å². The van der Waals surface area contributed by atoms with Gasteiger partial charge in [-0.1, -0.05) is 35.3 Å². The number of carbonyl (C=O) groups is 1. The molecule has 0 saturated heterocycles. The number of halogens is 2. The zero-order chi connectivity index (χ0) is 20.1. The van der Waals surface area contributed by atoms with Crippen molar-refractivity contribution in [2.75, 3.05) is 24.3 Å². The zero-order valence-corrected chi connectivity index (χ0v) is 15.9. The molecule has 0 spiro atoms. The molecule has 0 heterocycles. The van der Waals surface area contributed by atoms with E-state index in [2.05, 4.69) is 5.32 Å². The minimum Gasteiger partial charge on any atom is -0.378 e. The van der Waals surface area contributed by atoms with Crippen molar-refractivity contribution < 1.29 is 9.72 Å². The topological polar surface area (TPSA) is 99.3 Å². The highest BCUT2D eigenvalue weighted by molar-refractivity contribution is 6.40. The molecule has 1 N–H and O–H groups in total. The first-order chi connectivity index (χ1) is 12.7. The maximum atomic E-state index is 12.4. The van der Waals surface area contributed by atoms with E-state index in [1.807, 2.05) is 37.2 Å². The number of nitrogens with zero attached hydrogens (tertiary/aromatic N) is 3. The van der Waals surface area contributed by atoms with Crippen molar-refractivity contribution in [1.82, 2.24) is 0 Å². The third-order valence-electron chi connectivity index (χ3n) is 3.56. The SMILES string of the molecule is CN(C)c1ccc(/C=C(\C#N)C(=O)Nc2c(Cl)cc([N+](=O)[O-])cc2Cl)cc1. The van der Waals surface area contributed by atoms with Crippen LogP contribution in [0.15, 0.2) is 42.0 Å². The second-order valence-electron chi connectivity index (χ2n) is 5.65. The van der Waals surface area contributed by atoms with Gasteiger partial charge in [0.05, 0.1) is 20.7 Å². The molecular weight excluding hydrogens is 391 g/mol. The molecular formula is C18H14Cl2N4O3. The smallest absolute Gasteiger partial charge is 0.272 e. The highest BCUT2D eigenvalue weighted by atomic mass is 35.5. The molecule has 7 nitrogen and oxygen atoms in total. The summed E-state index contributed by atoms with van der Waals surface area (Å²) in [4.78, 5) is 24.5. The van der Waals surface area contributed by atoms with Crippen molar-refractivity contribution in [2.24, 2.45) is 0 Å². The summed E-state index contributed by atoms with van der Waals surface area (Å²) < 4.78 is 0. The van der Waals surface area contributed by atoms with Gasteiger partial charge in [-0.25, -0.2) is 0 Å². The van der Waals surface area contributed by atoms with Gasteiger partial charge in [0, 0.05) is 31.9 Å². The van der Waals surface area contributed by atoms with Crippen molar-refractivity contribution in [2.45, 2.75) is 0 Å². The molecule has 1 amide bonds. The lowest BCUT2D eigenvalue weighted by Gasteiger charge is -2.12. The standard InChI is InChI=1S/C18H14Cl2N4O3/c1-23(2)13-5-3-11(4-6-13)7-12(10-21)18(25)22-17-15(19)8-14(24(26)27)9-16(17)20/h3-9H,1-2H3,(H,22,25)/b12-7+. The van der Waals surface area contributed by atoms with Gasteiger partial charge in [-0.15, -0.1) is 0 Å². The Labute approximate surface area is 165 Å². The average molecular weight is 405 g/mol. The minimum absolute atomic E-state index is 0.00182. The summed E-state index contributed by atoms with van der Waals surface area (Å²) in [5.41, 5.74) is 1.16. The lowest BCUT2D eigenvalue weighted by molar-refractivity contribution is -0.384. The number of nitro benzene ring substituents is 1. The lowest BCUT2D eigenvalue weighted by Crippen LogP contribution is -2.14. The average Bonchev–Trinajstić information content (AvgIpc) is 2.62. The fraction of sp³-hybridized carbons (Fsp3) is 0.111. The van der Waals surface area contributed by atoms with Crippen molar-refractivity contribution in [1.29, 1.82) is 5.26 Å². The third kappa shape index (κ3) is 4.97. The predicted octanol–water partition coefficient (Wildman–Crippen LogP) is 4.51. The fourth-order valence-electron chi connectivity index (χ4n) is 2.15. The van der Waals surface area contributed by atoms with E-state index in [0.717, 1.165) is 17.8 Å². The maximum Gasteiger partial charge on any atom is 0.272 e. The van der Waals surface area contributed by atoms with Crippen molar-refractivity contribution in [3.05, 3.63) is 67.7 Å². The molecule has 0 saturated carbocycles. The predicted molar refractivity (Wildman–Crippen MR) is 106 cm³/mol. The first-order valence-corrected chi connectivity index (χ1v) is 8.32. The Morgan fingerprint density at radius 3 is 2.22 bits per heavy atom. The quantitative estimate of drug-likeness (QED) is 0.341. The number of non-ortho nitro benzene ring substituents is 1. The zero-order valence-electron chi connectivity index (χ0n) is 14.4. The monoisotopic (exact) mass is 404 g/mol. The molecule has 0 unspecified atom stereocenters. The Hall–Kier alpha value is -3.08. The van der Waals surface area contributed by atoms with Gasteiger partial charge in [0.2, 0.25) is 0 Å². The Morgan fingerprint density at radius 2 is 1.78 bits per heavy atom. The van der Waals surface area contributed by atoms with Gasteiger partial charge in [0.25, 0.3) is 11.6 Å². The van der Waals surface area contributed by atoms with E-state index in [0.29, 0.717) is 5.56 Å². The van der Waals surface area contributed by atoms with E-state index >= 15 is 0 Å². The summed E-state index contributed by atoms with van der Waals surface area (Å²) in [5, 5.41) is 22.3. The molecule has 2 aromatic rings. The molecule has 0 fully saturated rings. The number of amides is 1. The van der Waals surface area contributed by atoms with Crippen LogP contribution < -0.4 is 10.2 Å². The Kier molecular flexibility index (Phi) is 6.40. The highest BCUT2D eigenvalue weighted by Crippen LogP contribution is 2.35. The molecule has 0 aliphatic carbocycles. The summed E-state index contributed by atoms with van der Waals surface area (Å²) in [6.45, 7) is 0. The molecule has 0 atom stereocenters. The molecule has 138 valence electrons. The molecule has 0 aliphatic heterocycles. The Bertz CT molecular complexity index is 941. The van der Waals surface area contributed by atoms with Crippen LogP contribution in [0.4, 0.5) is 17.1 Å². The summed E-state index contributed by atoms with van der Waals surface area (Å²) in [7, 11) is 3.80. The number of nitrogens with one attached hydrogen (secondary N) is 1. The van der Waals surface area contributed by atoms with Crippen molar-refractivity contribution in [3.8, 4) is 6.07 Å². The van der Waals surface area contributed by atoms with Gasteiger partial charge in [0.1, 0.15) is 11.6 Å². The number of hydrogen-bond acceptors (Lipinski definition) is 5. The number of nitro groups is 1. The second-order valence-corrected chi connectivity index (χ2v) is 6.47. The van der Waals surface area contributed by atoms with Gasteiger partial charge < -0.3 is 10.2 Å². The Balaban J connectivity index is 2.28. The largest absolute Gasteiger partial charge is 0.378 e. The number of anilines is 2. The summed E-state index contributed by atoms with van der Waals surface area (Å²) in [6.07, 6.45) is 1.42. The number of hydrogen-bond donors (Lipinski definition) is 1. The van der Waals surface area contributed by atoms with Crippen LogP contribution in [0.5, 0.6) is 0 Å². The molecule has 0 bridgehead atoms. The molecule has 0 aromatic heterocycles. The van der Waals surface area contributed by atoms with Gasteiger partial charge >= 0.3 is 0 Å². The first-order valence-electron chi connectivity index (χ1n) is 7.57. The maximum absolute atomic E-state index is 12.4. The molecule has 27 heavy (non-hydrogen) atoms. The fourth-order valence-corrected chi connectivity index (χ4v) is 2.72. The highest BCUT2D eigenvalue weighted by Gasteiger charge is 2.18. The van der Waals surface area contributed by atoms with E-state index < -0.39 is 10.8 Å². The number of rotatable bonds is 5. The summed E-state index contributed by atoms with van der Waals surface area (Å²) in [5.74, 6) is -0.730. The van der Waals surface area contributed by atoms with E-state index in [4.69, 9.17) is 23.2 Å². The second kappa shape index (κ2) is 8.54. The van der Waals surface area contributed by atoms with Crippen LogP contribution in [-0.4, -0.2) is 24.9 Å². The van der Waals surface area contributed by atoms with Crippen LogP contribution >= 0.6 is 23.2 Å². The normalized spacial score (nSPS) is 10.9. The van der Waals surface area contributed by atoms with Crippen LogP contribution in [0.25, 0.3) is 6.08 Å². The van der Waals surface area contributed by atoms with E-state index in [1.165, 1.54) is 6.08 Å². The van der Waals surface area contributed by atoms with Crippen molar-refractivity contribution >= 4 is 52.2 Å². The Morgan fingerprint density at radius 1 is 1.22 bits per heavy atom. The van der Waals surface area contributed by atoms with E-state index in [9.17, 15) is 20.2 Å². The van der Waals surface area contributed by atoms with Gasteiger partial charge in [-0.3, -0.25) is 14.9 Å². The molecule has 0 radical (unpaired) electrons. The molecule has 2 rings (SSSR count). The molecule has 2 aromatic carbocycles. The summed E-state index contributed by atoms with van der Waals surface area (Å²) >= 11 is 11.9. The molecule has 0 aliphatic rings. The van der Waals surface area contributed by atoms with Crippen LogP contribution in [0.3, 0.4) is 0 Å². The third-order valence-corrected chi connectivity index (χ3v) is 4.16. The van der Waals surface area contributed by atoms with Gasteiger partial charge in [0.15, 0.2) is 0 Å². The minimum atomic E-state index is -0.730. The van der Waals surface area contributed by atoms with E-state index in [-0.39, 0.29) is 27.0 Å². The first kappa shape index (κ1) is 20.2. The lowest BCUT2D eigenvalue weighted by atomic mass is 10.1. The number of carbonyl (C=O) groups excluding carboxylic acids is 1. The number of benzene rings is 2.